The standard InChI is InChI=1S/C20H22FNO3/c1-15-7-8-19(18(21)13-15)25-17-9-11-22(12-10-17)20(23)24-14-16-5-3-2-4-6-16/h2-8,13,17H,9-12,14H2,1H3. The first-order valence-electron chi connectivity index (χ1n) is 8.50. The molecule has 0 bridgehead atoms. The molecule has 0 N–H and O–H groups in total. The van der Waals surface area contributed by atoms with Gasteiger partial charge in [-0.15, -0.1) is 0 Å². The summed E-state index contributed by atoms with van der Waals surface area (Å²) in [5.41, 5.74) is 1.82. The maximum absolute atomic E-state index is 13.9. The average molecular weight is 343 g/mol. The van der Waals surface area contributed by atoms with Crippen molar-refractivity contribution in [1.82, 2.24) is 4.90 Å². The zero-order chi connectivity index (χ0) is 17.6. The van der Waals surface area contributed by atoms with Gasteiger partial charge in [0.25, 0.3) is 0 Å². The largest absolute Gasteiger partial charge is 0.487 e. The molecule has 3 rings (SSSR count). The number of benzene rings is 2. The molecule has 0 saturated carbocycles. The summed E-state index contributed by atoms with van der Waals surface area (Å²) in [6, 6.07) is 14.5. The van der Waals surface area contributed by atoms with Crippen molar-refractivity contribution in [2.75, 3.05) is 13.1 Å². The van der Waals surface area contributed by atoms with Crippen LogP contribution in [0.15, 0.2) is 48.5 Å². The Labute approximate surface area is 147 Å². The predicted molar refractivity (Wildman–Crippen MR) is 93.0 cm³/mol. The van der Waals surface area contributed by atoms with Crippen molar-refractivity contribution in [2.45, 2.75) is 32.5 Å². The van der Waals surface area contributed by atoms with Gasteiger partial charge in [0.2, 0.25) is 0 Å². The summed E-state index contributed by atoms with van der Waals surface area (Å²) in [4.78, 5) is 13.8. The molecular formula is C20H22FNO3. The summed E-state index contributed by atoms with van der Waals surface area (Å²) in [5.74, 6) is -0.0691. The van der Waals surface area contributed by atoms with E-state index in [1.165, 1.54) is 6.07 Å². The van der Waals surface area contributed by atoms with Crippen LogP contribution in [0.3, 0.4) is 0 Å². The summed E-state index contributed by atoms with van der Waals surface area (Å²) >= 11 is 0. The van der Waals surface area contributed by atoms with Crippen molar-refractivity contribution in [1.29, 1.82) is 0 Å². The number of hydrogen-bond acceptors (Lipinski definition) is 3. The van der Waals surface area contributed by atoms with Crippen LogP contribution in [0.4, 0.5) is 9.18 Å². The molecule has 2 aromatic carbocycles. The van der Waals surface area contributed by atoms with Crippen LogP contribution in [0.25, 0.3) is 0 Å². The molecule has 132 valence electrons. The van der Waals surface area contributed by atoms with Crippen LogP contribution >= 0.6 is 0 Å². The molecule has 5 heteroatoms. The highest BCUT2D eigenvalue weighted by Gasteiger charge is 2.25. The number of halogens is 1. The van der Waals surface area contributed by atoms with E-state index in [0.29, 0.717) is 25.9 Å². The molecule has 0 unspecified atom stereocenters. The summed E-state index contributed by atoms with van der Waals surface area (Å²) in [5, 5.41) is 0. The number of carbonyl (C=O) groups excluding carboxylic acids is 1. The molecule has 2 aromatic rings. The minimum Gasteiger partial charge on any atom is -0.487 e. The fourth-order valence-corrected chi connectivity index (χ4v) is 2.85. The highest BCUT2D eigenvalue weighted by Crippen LogP contribution is 2.23. The smallest absolute Gasteiger partial charge is 0.410 e. The predicted octanol–water partition coefficient (Wildman–Crippen LogP) is 4.31. The number of ether oxygens (including phenoxy) is 2. The van der Waals surface area contributed by atoms with Crippen LogP contribution in [-0.4, -0.2) is 30.2 Å². The SMILES string of the molecule is Cc1ccc(OC2CCN(C(=O)OCc3ccccc3)CC2)c(F)c1. The van der Waals surface area contributed by atoms with E-state index in [0.717, 1.165) is 11.1 Å². The van der Waals surface area contributed by atoms with Gasteiger partial charge in [0.05, 0.1) is 0 Å². The molecule has 0 aliphatic carbocycles. The normalized spacial score (nSPS) is 15.0. The van der Waals surface area contributed by atoms with Gasteiger partial charge >= 0.3 is 6.09 Å². The molecular weight excluding hydrogens is 321 g/mol. The Balaban J connectivity index is 1.45. The molecule has 1 fully saturated rings. The van der Waals surface area contributed by atoms with Crippen LogP contribution in [0.2, 0.25) is 0 Å². The van der Waals surface area contributed by atoms with Crippen molar-refractivity contribution in [2.24, 2.45) is 0 Å². The fraction of sp³-hybridized carbons (Fsp3) is 0.350. The lowest BCUT2D eigenvalue weighted by Gasteiger charge is -2.31. The number of hydrogen-bond donors (Lipinski definition) is 0. The third kappa shape index (κ3) is 4.72. The van der Waals surface area contributed by atoms with E-state index in [1.54, 1.807) is 11.0 Å². The van der Waals surface area contributed by atoms with Gasteiger partial charge in [-0.25, -0.2) is 9.18 Å². The van der Waals surface area contributed by atoms with Crippen LogP contribution in [0, 0.1) is 12.7 Å². The maximum atomic E-state index is 13.9. The van der Waals surface area contributed by atoms with Crippen molar-refractivity contribution in [3.63, 3.8) is 0 Å². The monoisotopic (exact) mass is 343 g/mol. The molecule has 1 heterocycles. The van der Waals surface area contributed by atoms with Gasteiger partial charge in [-0.1, -0.05) is 36.4 Å². The van der Waals surface area contributed by atoms with Crippen molar-refractivity contribution in [3.8, 4) is 5.75 Å². The lowest BCUT2D eigenvalue weighted by atomic mass is 10.1. The lowest BCUT2D eigenvalue weighted by molar-refractivity contribution is 0.0626. The van der Waals surface area contributed by atoms with Crippen LogP contribution in [0.1, 0.15) is 24.0 Å². The third-order valence-corrected chi connectivity index (χ3v) is 4.29. The van der Waals surface area contributed by atoms with Gasteiger partial charge in [0.15, 0.2) is 11.6 Å². The number of nitrogens with zero attached hydrogens (tertiary/aromatic N) is 1. The van der Waals surface area contributed by atoms with E-state index in [4.69, 9.17) is 9.47 Å². The zero-order valence-corrected chi connectivity index (χ0v) is 14.3. The molecule has 0 atom stereocenters. The third-order valence-electron chi connectivity index (χ3n) is 4.29. The minimum atomic E-state index is -0.343. The minimum absolute atomic E-state index is 0.0876. The summed E-state index contributed by atoms with van der Waals surface area (Å²) < 4.78 is 24.9. The summed E-state index contributed by atoms with van der Waals surface area (Å²) in [7, 11) is 0. The Kier molecular flexibility index (Phi) is 5.53. The molecule has 1 aliphatic heterocycles. The van der Waals surface area contributed by atoms with E-state index in [9.17, 15) is 9.18 Å². The van der Waals surface area contributed by atoms with Crippen LogP contribution in [-0.2, 0) is 11.3 Å². The van der Waals surface area contributed by atoms with E-state index >= 15 is 0 Å². The average Bonchev–Trinajstić information content (AvgIpc) is 2.63. The second-order valence-corrected chi connectivity index (χ2v) is 6.28. The molecule has 4 nitrogen and oxygen atoms in total. The van der Waals surface area contributed by atoms with Gasteiger partial charge in [-0.3, -0.25) is 0 Å². The highest BCUT2D eigenvalue weighted by atomic mass is 19.1. The van der Waals surface area contributed by atoms with Crippen molar-refractivity contribution in [3.05, 3.63) is 65.5 Å². The highest BCUT2D eigenvalue weighted by molar-refractivity contribution is 5.67. The number of piperidine rings is 1. The van der Waals surface area contributed by atoms with E-state index in [1.807, 2.05) is 43.3 Å². The molecule has 0 aromatic heterocycles. The first-order chi connectivity index (χ1) is 12.1. The van der Waals surface area contributed by atoms with Gasteiger partial charge in [0, 0.05) is 25.9 Å². The fourth-order valence-electron chi connectivity index (χ4n) is 2.85. The number of rotatable bonds is 4. The van der Waals surface area contributed by atoms with Gasteiger partial charge < -0.3 is 14.4 Å². The van der Waals surface area contributed by atoms with Gasteiger partial charge in [0.1, 0.15) is 12.7 Å². The number of aryl methyl sites for hydroxylation is 1. The second kappa shape index (κ2) is 8.01. The first-order valence-corrected chi connectivity index (χ1v) is 8.50. The Bertz CT molecular complexity index is 712. The number of amides is 1. The maximum Gasteiger partial charge on any atom is 0.410 e. The van der Waals surface area contributed by atoms with E-state index in [2.05, 4.69) is 0 Å². The lowest BCUT2D eigenvalue weighted by Crippen LogP contribution is -2.42. The number of likely N-dealkylation sites (tertiary alicyclic amines) is 1. The van der Waals surface area contributed by atoms with Crippen LogP contribution in [0.5, 0.6) is 5.75 Å². The molecule has 0 spiro atoms. The number of carbonyl (C=O) groups is 1. The van der Waals surface area contributed by atoms with E-state index < -0.39 is 0 Å². The topological polar surface area (TPSA) is 38.8 Å². The van der Waals surface area contributed by atoms with Crippen molar-refractivity contribution < 1.29 is 18.7 Å². The summed E-state index contributed by atoms with van der Waals surface area (Å²) in [6.45, 7) is 3.20. The molecule has 1 amide bonds. The zero-order valence-electron chi connectivity index (χ0n) is 14.3. The molecule has 1 saturated heterocycles. The Morgan fingerprint density at radius 1 is 1.16 bits per heavy atom. The second-order valence-electron chi connectivity index (χ2n) is 6.28. The Morgan fingerprint density at radius 2 is 1.88 bits per heavy atom. The van der Waals surface area contributed by atoms with Crippen molar-refractivity contribution >= 4 is 6.09 Å². The molecule has 25 heavy (non-hydrogen) atoms. The van der Waals surface area contributed by atoms with Gasteiger partial charge in [-0.05, 0) is 30.2 Å². The molecule has 1 aliphatic rings. The quantitative estimate of drug-likeness (QED) is 0.830. The van der Waals surface area contributed by atoms with E-state index in [-0.39, 0.29) is 30.4 Å². The summed E-state index contributed by atoms with van der Waals surface area (Å²) in [6.07, 6.45) is 0.917. The van der Waals surface area contributed by atoms with Crippen LogP contribution < -0.4 is 4.74 Å². The first kappa shape index (κ1) is 17.3. The van der Waals surface area contributed by atoms with Gasteiger partial charge in [-0.2, -0.15) is 0 Å². The Morgan fingerprint density at radius 3 is 2.56 bits per heavy atom. The molecule has 0 radical (unpaired) electrons. The Hall–Kier alpha value is -2.56.